The molecule has 3 amide bonds. The van der Waals surface area contributed by atoms with E-state index in [0.29, 0.717) is 41.3 Å². The Balaban J connectivity index is 1.53. The van der Waals surface area contributed by atoms with E-state index in [2.05, 4.69) is 10.6 Å². The highest BCUT2D eigenvalue weighted by molar-refractivity contribution is 5.96. The van der Waals surface area contributed by atoms with E-state index in [0.717, 1.165) is 5.56 Å². The molecule has 10 heteroatoms. The van der Waals surface area contributed by atoms with Gasteiger partial charge in [0.05, 0.1) is 18.7 Å². The monoisotopic (exact) mass is 589 g/mol. The summed E-state index contributed by atoms with van der Waals surface area (Å²) in [5.74, 6) is -0.197. The second-order valence-electron chi connectivity index (χ2n) is 11.8. The molecule has 0 unspecified atom stereocenters. The lowest BCUT2D eigenvalue weighted by molar-refractivity contribution is -0.142. The van der Waals surface area contributed by atoms with E-state index in [4.69, 9.17) is 14.2 Å². The molecule has 0 aromatic heterocycles. The van der Waals surface area contributed by atoms with E-state index in [1.807, 2.05) is 26.8 Å². The molecule has 1 saturated heterocycles. The summed E-state index contributed by atoms with van der Waals surface area (Å²) >= 11 is 0. The van der Waals surface area contributed by atoms with E-state index >= 15 is 4.39 Å². The Morgan fingerprint density at radius 1 is 1.02 bits per heavy atom. The van der Waals surface area contributed by atoms with Crippen molar-refractivity contribution in [3.8, 4) is 28.4 Å². The number of hydrogen-bond acceptors (Lipinski definition) is 6. The number of carbonyl (C=O) groups is 3. The average Bonchev–Trinajstić information content (AvgIpc) is 2.99. The summed E-state index contributed by atoms with van der Waals surface area (Å²) in [4.78, 5) is 41.0. The lowest BCUT2D eigenvalue weighted by Gasteiger charge is -2.41. The molecule has 3 aromatic rings. The minimum absolute atomic E-state index is 0.0463. The quantitative estimate of drug-likeness (QED) is 0.438. The molecular weight excluding hydrogens is 553 g/mol. The van der Waals surface area contributed by atoms with Crippen LogP contribution >= 0.6 is 0 Å². The molecule has 3 aromatic carbocycles. The summed E-state index contributed by atoms with van der Waals surface area (Å²) in [5.41, 5.74) is 1.28. The first-order valence-electron chi connectivity index (χ1n) is 14.2. The summed E-state index contributed by atoms with van der Waals surface area (Å²) in [6.07, 6.45) is -0.0590. The van der Waals surface area contributed by atoms with Gasteiger partial charge in [0.1, 0.15) is 29.2 Å². The predicted molar refractivity (Wildman–Crippen MR) is 158 cm³/mol. The van der Waals surface area contributed by atoms with Gasteiger partial charge in [0.15, 0.2) is 6.61 Å². The maximum atomic E-state index is 15.1. The van der Waals surface area contributed by atoms with Crippen molar-refractivity contribution in [3.05, 3.63) is 77.6 Å². The third-order valence-corrected chi connectivity index (χ3v) is 7.56. The van der Waals surface area contributed by atoms with Gasteiger partial charge in [0.2, 0.25) is 5.91 Å². The number of methoxy groups -OCH3 is 1. The molecule has 0 spiro atoms. The third kappa shape index (κ3) is 6.90. The van der Waals surface area contributed by atoms with Crippen LogP contribution in [0, 0.1) is 11.2 Å². The molecule has 1 fully saturated rings. The van der Waals surface area contributed by atoms with Crippen LogP contribution in [-0.2, 0) is 16.1 Å². The summed E-state index contributed by atoms with van der Waals surface area (Å²) in [6.45, 7) is 6.20. The van der Waals surface area contributed by atoms with Crippen molar-refractivity contribution in [3.63, 3.8) is 0 Å². The highest BCUT2D eigenvalue weighted by Gasteiger charge is 2.37. The Labute approximate surface area is 250 Å². The van der Waals surface area contributed by atoms with Crippen LogP contribution in [0.1, 0.15) is 43.1 Å². The lowest BCUT2D eigenvalue weighted by Crippen LogP contribution is -2.59. The standard InChI is InChI=1S/C33H36FN3O6/c1-33(2,3)32(40)37-13-12-28-27(18-37)36-31(39)25-15-21(9-11-26(25)34)20-6-5-7-23(14-20)42-19-30(38)35-17-22-8-10-24(43-28)16-29(22)41-4/h5-11,14-16,27-28H,12-13,17-19H2,1-4H3,(H,35,38)(H,36,39)/t27-,28+/m1/s1. The summed E-state index contributed by atoms with van der Waals surface area (Å²) in [7, 11) is 1.53. The number of fused-ring (bicyclic) bond motifs is 7. The van der Waals surface area contributed by atoms with Gasteiger partial charge < -0.3 is 29.7 Å². The van der Waals surface area contributed by atoms with Gasteiger partial charge in [-0.1, -0.05) is 39.0 Å². The molecule has 3 aliphatic rings. The smallest absolute Gasteiger partial charge is 0.258 e. The Kier molecular flexibility index (Phi) is 8.57. The number of rotatable bonds is 1. The fourth-order valence-corrected chi connectivity index (χ4v) is 5.27. The minimum Gasteiger partial charge on any atom is -0.496 e. The van der Waals surface area contributed by atoms with E-state index in [1.165, 1.54) is 19.2 Å². The zero-order chi connectivity index (χ0) is 30.7. The number of piperidine rings is 1. The number of nitrogens with zero attached hydrogens (tertiary/aromatic N) is 1. The van der Waals surface area contributed by atoms with Crippen molar-refractivity contribution in [1.82, 2.24) is 15.5 Å². The second-order valence-corrected chi connectivity index (χ2v) is 11.8. The van der Waals surface area contributed by atoms with Crippen molar-refractivity contribution in [1.29, 1.82) is 0 Å². The maximum absolute atomic E-state index is 15.1. The van der Waals surface area contributed by atoms with Crippen molar-refractivity contribution in [2.75, 3.05) is 26.8 Å². The number of halogens is 1. The number of hydrogen-bond donors (Lipinski definition) is 2. The van der Waals surface area contributed by atoms with Gasteiger partial charge >= 0.3 is 0 Å². The Bertz CT molecular complexity index is 1540. The van der Waals surface area contributed by atoms with Crippen LogP contribution in [0.3, 0.4) is 0 Å². The first-order valence-corrected chi connectivity index (χ1v) is 14.2. The highest BCUT2D eigenvalue weighted by atomic mass is 19.1. The second kappa shape index (κ2) is 12.3. The van der Waals surface area contributed by atoms with Gasteiger partial charge in [-0.05, 0) is 47.5 Å². The van der Waals surface area contributed by atoms with Gasteiger partial charge in [0, 0.05) is 43.1 Å². The molecule has 0 saturated carbocycles. The number of carbonyl (C=O) groups excluding carboxylic acids is 3. The molecule has 6 bridgehead atoms. The largest absolute Gasteiger partial charge is 0.496 e. The van der Waals surface area contributed by atoms with Gasteiger partial charge in [0.25, 0.3) is 11.8 Å². The van der Waals surface area contributed by atoms with Crippen LogP contribution in [0.25, 0.3) is 11.1 Å². The first kappa shape index (κ1) is 29.9. The lowest BCUT2D eigenvalue weighted by atomic mass is 9.92. The minimum atomic E-state index is -0.677. The Morgan fingerprint density at radius 3 is 2.58 bits per heavy atom. The summed E-state index contributed by atoms with van der Waals surface area (Å²) in [5, 5.41) is 5.80. The molecular formula is C33H36FN3O6. The SMILES string of the molecule is COc1cc2ccc1CNC(=O)COc1cccc(c1)-c1ccc(F)c(c1)C(=O)N[C@@H]1CN(C(=O)C(C)(C)C)CC[C@@H]1O2. The fourth-order valence-electron chi connectivity index (χ4n) is 5.27. The first-order chi connectivity index (χ1) is 20.5. The zero-order valence-electron chi connectivity index (χ0n) is 24.7. The molecule has 0 radical (unpaired) electrons. The fraction of sp³-hybridized carbons (Fsp3) is 0.364. The summed E-state index contributed by atoms with van der Waals surface area (Å²) < 4.78 is 32.7. The van der Waals surface area contributed by atoms with Crippen molar-refractivity contribution in [2.24, 2.45) is 5.41 Å². The molecule has 9 nitrogen and oxygen atoms in total. The van der Waals surface area contributed by atoms with Gasteiger partial charge in [-0.25, -0.2) is 4.39 Å². The summed E-state index contributed by atoms with van der Waals surface area (Å²) in [6, 6.07) is 16.0. The number of amides is 3. The van der Waals surface area contributed by atoms with Gasteiger partial charge in [-0.2, -0.15) is 0 Å². The van der Waals surface area contributed by atoms with Crippen LogP contribution in [0.15, 0.2) is 60.7 Å². The van der Waals surface area contributed by atoms with E-state index in [9.17, 15) is 14.4 Å². The van der Waals surface area contributed by atoms with Gasteiger partial charge in [-0.15, -0.1) is 0 Å². The van der Waals surface area contributed by atoms with Crippen molar-refractivity contribution >= 4 is 17.7 Å². The third-order valence-electron chi connectivity index (χ3n) is 7.56. The molecule has 0 aliphatic carbocycles. The molecule has 226 valence electrons. The van der Waals surface area contributed by atoms with Crippen LogP contribution in [0.5, 0.6) is 17.2 Å². The molecule has 3 aliphatic heterocycles. The highest BCUT2D eigenvalue weighted by Crippen LogP contribution is 2.30. The van der Waals surface area contributed by atoms with Crippen LogP contribution in [0.4, 0.5) is 4.39 Å². The molecule has 2 N–H and O–H groups in total. The predicted octanol–water partition coefficient (Wildman–Crippen LogP) is 4.33. The average molecular weight is 590 g/mol. The Morgan fingerprint density at radius 2 is 1.81 bits per heavy atom. The number of nitrogens with one attached hydrogen (secondary N) is 2. The number of ether oxygens (including phenoxy) is 3. The van der Waals surface area contributed by atoms with Crippen molar-refractivity contribution < 1.29 is 33.0 Å². The maximum Gasteiger partial charge on any atom is 0.258 e. The van der Waals surface area contributed by atoms with Crippen LogP contribution in [-0.4, -0.2) is 61.6 Å². The molecule has 2 atom stereocenters. The topological polar surface area (TPSA) is 106 Å². The van der Waals surface area contributed by atoms with Crippen LogP contribution < -0.4 is 24.8 Å². The molecule has 6 rings (SSSR count). The Hall–Kier alpha value is -4.60. The molecule has 3 heterocycles. The normalized spacial score (nSPS) is 19.2. The number of likely N-dealkylation sites (tertiary alicyclic amines) is 1. The number of benzene rings is 3. The zero-order valence-corrected chi connectivity index (χ0v) is 24.7. The van der Waals surface area contributed by atoms with Crippen LogP contribution in [0.2, 0.25) is 0 Å². The van der Waals surface area contributed by atoms with Gasteiger partial charge in [-0.3, -0.25) is 14.4 Å². The van der Waals surface area contributed by atoms with E-state index < -0.39 is 29.3 Å². The van der Waals surface area contributed by atoms with E-state index in [-0.39, 0.29) is 37.1 Å². The van der Waals surface area contributed by atoms with Crippen molar-refractivity contribution in [2.45, 2.75) is 45.9 Å². The molecule has 43 heavy (non-hydrogen) atoms. The van der Waals surface area contributed by atoms with E-state index in [1.54, 1.807) is 47.4 Å².